The van der Waals surface area contributed by atoms with E-state index < -0.39 is 0 Å². The molecule has 0 atom stereocenters. The van der Waals surface area contributed by atoms with Crippen LogP contribution in [0.3, 0.4) is 0 Å². The van der Waals surface area contributed by atoms with Crippen molar-refractivity contribution in [3.8, 4) is 0 Å². The number of nitrogens with zero attached hydrogens (tertiary/aromatic N) is 1. The molecular formula is C11H20INOS. The zero-order chi connectivity index (χ0) is 11.8. The molecule has 1 N–H and O–H groups in total. The second-order valence-corrected chi connectivity index (χ2v) is 4.71. The van der Waals surface area contributed by atoms with Gasteiger partial charge in [-0.2, -0.15) is 0 Å². The van der Waals surface area contributed by atoms with Gasteiger partial charge in [0.1, 0.15) is 23.0 Å². The summed E-state index contributed by atoms with van der Waals surface area (Å²) in [4.78, 5) is 5.99. The number of rotatable bonds is 1. The highest BCUT2D eigenvalue weighted by atomic mass is 127. The second-order valence-electron chi connectivity index (χ2n) is 3.30. The van der Waals surface area contributed by atoms with Crippen molar-refractivity contribution in [2.24, 2.45) is 0 Å². The molecule has 2 nitrogen and oxygen atoms in total. The third-order valence-electron chi connectivity index (χ3n) is 2.43. The molecule has 0 unspecified atom stereocenters. The Kier molecular flexibility index (Phi) is 8.65. The monoisotopic (exact) mass is 341 g/mol. The quantitative estimate of drug-likeness (QED) is 0.769. The van der Waals surface area contributed by atoms with Crippen molar-refractivity contribution in [3.63, 3.8) is 0 Å². The normalized spacial score (nSPS) is 14.3. The summed E-state index contributed by atoms with van der Waals surface area (Å²) < 4.78 is 6.97. The number of aryl methyl sites for hydroxylation is 2. The van der Waals surface area contributed by atoms with E-state index in [1.165, 1.54) is 34.8 Å². The van der Waals surface area contributed by atoms with Crippen LogP contribution in [0.15, 0.2) is 0 Å². The van der Waals surface area contributed by atoms with Gasteiger partial charge in [0.05, 0.1) is 10.7 Å². The minimum absolute atomic E-state index is 0.806. The van der Waals surface area contributed by atoms with E-state index in [1.54, 1.807) is 0 Å². The lowest BCUT2D eigenvalue weighted by atomic mass is 9.82. The molecule has 1 aromatic heterocycles. The van der Waals surface area contributed by atoms with Crippen LogP contribution < -0.4 is 0 Å². The first kappa shape index (κ1) is 15.3. The van der Waals surface area contributed by atoms with Gasteiger partial charge in [0.25, 0.3) is 0 Å². The smallest absolute Gasteiger partial charge is 0.106 e. The van der Waals surface area contributed by atoms with Gasteiger partial charge in [-0.3, -0.25) is 0 Å². The van der Waals surface area contributed by atoms with Gasteiger partial charge in [0.2, 0.25) is 0 Å². The molecule has 0 aliphatic heterocycles. The number of thiazole rings is 1. The Morgan fingerprint density at radius 1 is 1.27 bits per heavy atom. The summed E-state index contributed by atoms with van der Waals surface area (Å²) in [6.07, 6.45) is 4.13. The number of hydrogen-bond acceptors (Lipinski definition) is 3. The molecular weight excluding hydrogens is 321 g/mol. The number of aromatic nitrogens is 1. The molecule has 1 heterocycles. The Bertz CT molecular complexity index is 272. The Hall–Kier alpha value is 0.320. The van der Waals surface area contributed by atoms with Crippen molar-refractivity contribution in [1.29, 1.82) is 0 Å². The van der Waals surface area contributed by atoms with E-state index in [0.29, 0.717) is 0 Å². The fourth-order valence-corrected chi connectivity index (χ4v) is 2.51. The lowest BCUT2D eigenvalue weighted by Crippen LogP contribution is -2.10. The van der Waals surface area contributed by atoms with Crippen molar-refractivity contribution < 1.29 is 3.44 Å². The Morgan fingerprint density at radius 3 is 2.07 bits per heavy atom. The van der Waals surface area contributed by atoms with Crippen LogP contribution in [0.2, 0.25) is 0 Å². The molecule has 1 fully saturated rings. The molecule has 4 heteroatoms. The zero-order valence-corrected chi connectivity index (χ0v) is 12.9. The van der Waals surface area contributed by atoms with Crippen molar-refractivity contribution >= 4 is 34.3 Å². The van der Waals surface area contributed by atoms with Crippen LogP contribution >= 0.6 is 34.3 Å². The van der Waals surface area contributed by atoms with Crippen molar-refractivity contribution in [3.05, 3.63) is 15.6 Å². The third kappa shape index (κ3) is 4.36. The summed E-state index contributed by atoms with van der Waals surface area (Å²) in [6, 6.07) is 0. The van der Waals surface area contributed by atoms with Crippen LogP contribution in [0.1, 0.15) is 54.6 Å². The average molecular weight is 341 g/mol. The molecule has 0 amide bonds. The molecule has 15 heavy (non-hydrogen) atoms. The highest BCUT2D eigenvalue weighted by Gasteiger charge is 2.23. The molecule has 0 spiro atoms. The zero-order valence-electron chi connectivity index (χ0n) is 9.88. The molecule has 88 valence electrons. The van der Waals surface area contributed by atoms with Gasteiger partial charge in [-0.25, -0.2) is 4.98 Å². The molecule has 1 aromatic rings. The van der Waals surface area contributed by atoms with Gasteiger partial charge in [0, 0.05) is 10.8 Å². The van der Waals surface area contributed by atoms with Crippen molar-refractivity contribution in [2.45, 2.75) is 52.9 Å². The molecule has 0 aromatic carbocycles. The molecule has 0 saturated heterocycles. The lowest BCUT2D eigenvalue weighted by Gasteiger charge is -2.24. The summed E-state index contributed by atoms with van der Waals surface area (Å²) >= 11 is 2.99. The van der Waals surface area contributed by atoms with E-state index in [0.717, 1.165) is 28.9 Å². The first-order valence-corrected chi connectivity index (χ1v) is 7.16. The molecule has 0 radical (unpaired) electrons. The van der Waals surface area contributed by atoms with Gasteiger partial charge >= 0.3 is 0 Å². The summed E-state index contributed by atoms with van der Waals surface area (Å²) in [5, 5.41) is 1.23. The van der Waals surface area contributed by atoms with Gasteiger partial charge < -0.3 is 3.44 Å². The molecule has 2 rings (SSSR count). The Balaban J connectivity index is 0.000000442. The topological polar surface area (TPSA) is 33.1 Å². The first-order chi connectivity index (χ1) is 7.27. The second kappa shape index (κ2) is 8.47. The largest absolute Gasteiger partial charge is 0.331 e. The average Bonchev–Trinajstić information content (AvgIpc) is 2.50. The molecule has 1 saturated carbocycles. The maximum Gasteiger partial charge on any atom is 0.106 e. The molecule has 1 aliphatic carbocycles. The molecule has 0 bridgehead atoms. The van der Waals surface area contributed by atoms with E-state index in [-0.39, 0.29) is 0 Å². The fourth-order valence-electron chi connectivity index (χ4n) is 1.61. The number of halogens is 1. The third-order valence-corrected chi connectivity index (χ3v) is 3.33. The van der Waals surface area contributed by atoms with Gasteiger partial charge in [-0.1, -0.05) is 20.3 Å². The highest BCUT2D eigenvalue weighted by molar-refractivity contribution is 14.1. The van der Waals surface area contributed by atoms with Crippen molar-refractivity contribution in [1.82, 2.24) is 4.98 Å². The van der Waals surface area contributed by atoms with E-state index in [9.17, 15) is 0 Å². The molecule has 1 aliphatic rings. The fraction of sp³-hybridized carbons (Fsp3) is 0.727. The van der Waals surface area contributed by atoms with E-state index in [2.05, 4.69) is 18.8 Å². The van der Waals surface area contributed by atoms with Gasteiger partial charge in [0.15, 0.2) is 0 Å². The maximum atomic E-state index is 6.97. The predicted octanol–water partition coefficient (Wildman–Crippen LogP) is 4.38. The van der Waals surface area contributed by atoms with Gasteiger partial charge in [-0.15, -0.1) is 11.3 Å². The summed E-state index contributed by atoms with van der Waals surface area (Å²) in [7, 11) is 0. The predicted molar refractivity (Wildman–Crippen MR) is 75.8 cm³/mol. The van der Waals surface area contributed by atoms with E-state index in [1.807, 2.05) is 25.2 Å². The summed E-state index contributed by atoms with van der Waals surface area (Å²) in [5.74, 6) is 0.806. The van der Waals surface area contributed by atoms with Crippen LogP contribution in [0.5, 0.6) is 0 Å². The number of hydrogen-bond donors (Lipinski definition) is 1. The standard InChI is InChI=1S/C9H13NS.C2H6.HIO/c1-6-9(8-4-3-5-8)10-7(2)11-6;2*1-2/h8H,3-5H2,1-2H3;1-2H3;2H. The Morgan fingerprint density at radius 2 is 1.80 bits per heavy atom. The minimum atomic E-state index is 0.806. The van der Waals surface area contributed by atoms with E-state index in [4.69, 9.17) is 3.44 Å². The van der Waals surface area contributed by atoms with Crippen LogP contribution in [0.4, 0.5) is 0 Å². The van der Waals surface area contributed by atoms with Crippen LogP contribution in [0.25, 0.3) is 0 Å². The highest BCUT2D eigenvalue weighted by Crippen LogP contribution is 2.38. The van der Waals surface area contributed by atoms with Crippen LogP contribution in [-0.2, 0) is 0 Å². The van der Waals surface area contributed by atoms with E-state index >= 15 is 0 Å². The van der Waals surface area contributed by atoms with Gasteiger partial charge in [-0.05, 0) is 26.7 Å². The maximum absolute atomic E-state index is 6.97. The summed E-state index contributed by atoms with van der Waals surface area (Å²) in [6.45, 7) is 8.29. The van der Waals surface area contributed by atoms with Crippen LogP contribution in [0, 0.1) is 13.8 Å². The Labute approximate surface area is 111 Å². The SMILES string of the molecule is CC.Cc1nc(C2CCC2)c(C)s1.OI. The van der Waals surface area contributed by atoms with Crippen molar-refractivity contribution in [2.75, 3.05) is 0 Å². The lowest BCUT2D eigenvalue weighted by molar-refractivity contribution is 0.411. The summed E-state index contributed by atoms with van der Waals surface area (Å²) in [5.41, 5.74) is 1.39. The minimum Gasteiger partial charge on any atom is -0.331 e. The first-order valence-electron chi connectivity index (χ1n) is 5.38. The van der Waals surface area contributed by atoms with Crippen LogP contribution in [-0.4, -0.2) is 8.42 Å².